The fraction of sp³-hybridized carbons (Fsp3) is 0.500. The van der Waals surface area contributed by atoms with Crippen molar-refractivity contribution in [3.05, 3.63) is 41.5 Å². The SMILES string of the molecule is C/C(=C/C(=O)N1CCCC(C(C)O)C1)c1ccccc1C(F)(F)F. The normalized spacial score (nSPS) is 20.8. The lowest BCUT2D eigenvalue weighted by molar-refractivity contribution is -0.137. The number of hydrogen-bond donors (Lipinski definition) is 1. The molecule has 0 radical (unpaired) electrons. The Hall–Kier alpha value is -1.82. The van der Waals surface area contributed by atoms with Gasteiger partial charge in [0, 0.05) is 25.1 Å². The average molecular weight is 341 g/mol. The molecule has 0 aromatic heterocycles. The summed E-state index contributed by atoms with van der Waals surface area (Å²) in [4.78, 5) is 14.0. The van der Waals surface area contributed by atoms with Gasteiger partial charge in [-0.15, -0.1) is 0 Å². The first-order valence-corrected chi connectivity index (χ1v) is 8.02. The topological polar surface area (TPSA) is 40.5 Å². The molecule has 132 valence electrons. The van der Waals surface area contributed by atoms with E-state index in [0.29, 0.717) is 13.1 Å². The maximum Gasteiger partial charge on any atom is 0.416 e. The van der Waals surface area contributed by atoms with Crippen molar-refractivity contribution < 1.29 is 23.1 Å². The lowest BCUT2D eigenvalue weighted by Gasteiger charge is -2.33. The standard InChI is InChI=1S/C18H22F3NO2/c1-12(15-7-3-4-8-16(15)18(19,20)21)10-17(24)22-9-5-6-14(11-22)13(2)23/h3-4,7-8,10,13-14,23H,5-6,9,11H2,1-2H3/b12-10-. The van der Waals surface area contributed by atoms with Crippen LogP contribution in [-0.4, -0.2) is 35.1 Å². The van der Waals surface area contributed by atoms with E-state index in [1.54, 1.807) is 11.8 Å². The van der Waals surface area contributed by atoms with Crippen LogP contribution in [0.15, 0.2) is 30.3 Å². The van der Waals surface area contributed by atoms with Crippen molar-refractivity contribution in [1.29, 1.82) is 0 Å². The zero-order chi connectivity index (χ0) is 17.9. The smallest absolute Gasteiger partial charge is 0.393 e. The minimum absolute atomic E-state index is 0.0128. The molecule has 6 heteroatoms. The Balaban J connectivity index is 2.21. The van der Waals surface area contributed by atoms with Gasteiger partial charge in [-0.3, -0.25) is 4.79 Å². The van der Waals surface area contributed by atoms with Crippen LogP contribution in [0.3, 0.4) is 0 Å². The molecule has 1 fully saturated rings. The van der Waals surface area contributed by atoms with Crippen molar-refractivity contribution in [1.82, 2.24) is 4.90 Å². The molecule has 1 aromatic carbocycles. The van der Waals surface area contributed by atoms with Crippen LogP contribution >= 0.6 is 0 Å². The second kappa shape index (κ2) is 7.38. The van der Waals surface area contributed by atoms with Gasteiger partial charge in [0.1, 0.15) is 0 Å². The Labute approximate surface area is 139 Å². The molecule has 1 saturated heterocycles. The van der Waals surface area contributed by atoms with E-state index in [2.05, 4.69) is 0 Å². The van der Waals surface area contributed by atoms with Gasteiger partial charge < -0.3 is 10.0 Å². The predicted octanol–water partition coefficient (Wildman–Crippen LogP) is 3.73. The number of halogens is 3. The summed E-state index contributed by atoms with van der Waals surface area (Å²) in [6.45, 7) is 4.20. The van der Waals surface area contributed by atoms with Gasteiger partial charge in [0.15, 0.2) is 0 Å². The number of aliphatic hydroxyl groups is 1. The zero-order valence-electron chi connectivity index (χ0n) is 13.8. The molecular weight excluding hydrogens is 319 g/mol. The highest BCUT2D eigenvalue weighted by Crippen LogP contribution is 2.34. The minimum Gasteiger partial charge on any atom is -0.393 e. The quantitative estimate of drug-likeness (QED) is 0.851. The number of carbonyl (C=O) groups excluding carboxylic acids is 1. The molecular formula is C18H22F3NO2. The molecule has 0 spiro atoms. The van der Waals surface area contributed by atoms with Crippen LogP contribution in [-0.2, 0) is 11.0 Å². The summed E-state index contributed by atoms with van der Waals surface area (Å²) < 4.78 is 39.3. The molecule has 24 heavy (non-hydrogen) atoms. The maximum atomic E-state index is 13.1. The van der Waals surface area contributed by atoms with Gasteiger partial charge in [0.25, 0.3) is 0 Å². The van der Waals surface area contributed by atoms with E-state index in [1.165, 1.54) is 31.2 Å². The van der Waals surface area contributed by atoms with Gasteiger partial charge in [-0.2, -0.15) is 13.2 Å². The lowest BCUT2D eigenvalue weighted by atomic mass is 9.93. The predicted molar refractivity (Wildman–Crippen MR) is 86.1 cm³/mol. The van der Waals surface area contributed by atoms with E-state index in [4.69, 9.17) is 0 Å². The van der Waals surface area contributed by atoms with E-state index in [1.807, 2.05) is 0 Å². The van der Waals surface area contributed by atoms with Crippen molar-refractivity contribution in [2.24, 2.45) is 5.92 Å². The second-order valence-corrected chi connectivity index (χ2v) is 6.30. The van der Waals surface area contributed by atoms with Gasteiger partial charge in [-0.1, -0.05) is 18.2 Å². The number of alkyl halides is 3. The monoisotopic (exact) mass is 341 g/mol. The molecule has 1 aliphatic heterocycles. The molecule has 1 aliphatic rings. The summed E-state index contributed by atoms with van der Waals surface area (Å²) in [7, 11) is 0. The first-order chi connectivity index (χ1) is 11.2. The second-order valence-electron chi connectivity index (χ2n) is 6.30. The van der Waals surface area contributed by atoms with E-state index >= 15 is 0 Å². The van der Waals surface area contributed by atoms with Crippen molar-refractivity contribution >= 4 is 11.5 Å². The number of allylic oxidation sites excluding steroid dienone is 1. The first kappa shape index (κ1) is 18.5. The molecule has 0 saturated carbocycles. The number of likely N-dealkylation sites (tertiary alicyclic amines) is 1. The van der Waals surface area contributed by atoms with Crippen LogP contribution in [0.2, 0.25) is 0 Å². The van der Waals surface area contributed by atoms with Crippen LogP contribution < -0.4 is 0 Å². The van der Waals surface area contributed by atoms with Gasteiger partial charge >= 0.3 is 6.18 Å². The molecule has 0 bridgehead atoms. The van der Waals surface area contributed by atoms with E-state index in [9.17, 15) is 23.1 Å². The highest BCUT2D eigenvalue weighted by Gasteiger charge is 2.33. The molecule has 1 amide bonds. The number of aliphatic hydroxyl groups excluding tert-OH is 1. The number of benzene rings is 1. The lowest BCUT2D eigenvalue weighted by Crippen LogP contribution is -2.42. The van der Waals surface area contributed by atoms with Gasteiger partial charge in [0.05, 0.1) is 11.7 Å². The van der Waals surface area contributed by atoms with Crippen molar-refractivity contribution in [2.45, 2.75) is 39.0 Å². The maximum absolute atomic E-state index is 13.1. The van der Waals surface area contributed by atoms with Crippen LogP contribution in [0.1, 0.15) is 37.8 Å². The summed E-state index contributed by atoms with van der Waals surface area (Å²) in [5, 5.41) is 9.68. The first-order valence-electron chi connectivity index (χ1n) is 8.02. The molecule has 2 unspecified atom stereocenters. The molecule has 1 aromatic rings. The summed E-state index contributed by atoms with van der Waals surface area (Å²) in [5.74, 6) is -0.298. The molecule has 2 atom stereocenters. The van der Waals surface area contributed by atoms with Gasteiger partial charge in [-0.05, 0) is 43.9 Å². The molecule has 3 nitrogen and oxygen atoms in total. The van der Waals surface area contributed by atoms with E-state index < -0.39 is 17.8 Å². The fourth-order valence-electron chi connectivity index (χ4n) is 3.03. The Morgan fingerprint density at radius 2 is 2.04 bits per heavy atom. The Bertz CT molecular complexity index is 623. The van der Waals surface area contributed by atoms with Crippen LogP contribution in [0.4, 0.5) is 13.2 Å². The summed E-state index contributed by atoms with van der Waals surface area (Å²) in [6, 6.07) is 5.24. The highest BCUT2D eigenvalue weighted by molar-refractivity contribution is 5.95. The zero-order valence-corrected chi connectivity index (χ0v) is 13.8. The number of carbonyl (C=O) groups is 1. The third-order valence-corrected chi connectivity index (χ3v) is 4.45. The minimum atomic E-state index is -4.46. The molecule has 2 rings (SSSR count). The largest absolute Gasteiger partial charge is 0.416 e. The van der Waals surface area contributed by atoms with Crippen LogP contribution in [0.5, 0.6) is 0 Å². The van der Waals surface area contributed by atoms with Crippen molar-refractivity contribution in [3.63, 3.8) is 0 Å². The third-order valence-electron chi connectivity index (χ3n) is 4.45. The molecule has 0 aliphatic carbocycles. The molecule has 1 heterocycles. The summed E-state index contributed by atoms with van der Waals surface area (Å²) in [5.41, 5.74) is -0.443. The Kier molecular flexibility index (Phi) is 5.70. The number of hydrogen-bond acceptors (Lipinski definition) is 2. The van der Waals surface area contributed by atoms with Crippen molar-refractivity contribution in [2.75, 3.05) is 13.1 Å². The highest BCUT2D eigenvalue weighted by atomic mass is 19.4. The summed E-state index contributed by atoms with van der Waals surface area (Å²) >= 11 is 0. The number of amides is 1. The van der Waals surface area contributed by atoms with Crippen molar-refractivity contribution in [3.8, 4) is 0 Å². The van der Waals surface area contributed by atoms with Crippen LogP contribution in [0.25, 0.3) is 5.57 Å². The Morgan fingerprint density at radius 3 is 2.67 bits per heavy atom. The summed E-state index contributed by atoms with van der Waals surface area (Å²) in [6.07, 6.45) is -2.07. The van der Waals surface area contributed by atoms with Crippen LogP contribution in [0, 0.1) is 5.92 Å². The van der Waals surface area contributed by atoms with E-state index in [0.717, 1.165) is 18.9 Å². The van der Waals surface area contributed by atoms with E-state index in [-0.39, 0.29) is 23.0 Å². The van der Waals surface area contributed by atoms with Gasteiger partial charge in [0.2, 0.25) is 5.91 Å². The number of nitrogens with zero attached hydrogens (tertiary/aromatic N) is 1. The number of piperidine rings is 1. The number of rotatable bonds is 3. The molecule has 1 N–H and O–H groups in total. The third kappa shape index (κ3) is 4.38. The fourth-order valence-corrected chi connectivity index (χ4v) is 3.03. The van der Waals surface area contributed by atoms with Gasteiger partial charge in [-0.25, -0.2) is 0 Å². The average Bonchev–Trinajstić information content (AvgIpc) is 2.54. The Morgan fingerprint density at radius 1 is 1.38 bits per heavy atom.